The second-order valence-corrected chi connectivity index (χ2v) is 5.68. The Morgan fingerprint density at radius 3 is 1.58 bits per heavy atom. The maximum atomic E-state index is 10.2. The summed E-state index contributed by atoms with van der Waals surface area (Å²) in [6.45, 7) is 2.15. The molecule has 0 heterocycles. The van der Waals surface area contributed by atoms with Crippen LogP contribution in [0.5, 0.6) is 0 Å². The van der Waals surface area contributed by atoms with Gasteiger partial charge in [0.2, 0.25) is 0 Å². The molecule has 0 unspecified atom stereocenters. The van der Waals surface area contributed by atoms with E-state index in [1.165, 1.54) is 0 Å². The number of carboxylic acid groups (broad SMARTS) is 1. The van der Waals surface area contributed by atoms with Crippen molar-refractivity contribution in [2.45, 2.75) is 71.1 Å². The van der Waals surface area contributed by atoms with E-state index in [1.54, 1.807) is 0 Å². The topological polar surface area (TPSA) is 40.1 Å². The van der Waals surface area contributed by atoms with Gasteiger partial charge in [-0.2, -0.15) is 0 Å². The van der Waals surface area contributed by atoms with Crippen LogP contribution in [0.2, 0.25) is 0 Å². The van der Waals surface area contributed by atoms with Crippen LogP contribution in [-0.2, 0) is 4.79 Å². The summed E-state index contributed by atoms with van der Waals surface area (Å²) >= 11 is 0. The Bertz CT molecular complexity index is 425. The van der Waals surface area contributed by atoms with E-state index < -0.39 is 5.97 Å². The van der Waals surface area contributed by atoms with Crippen LogP contribution in [0.4, 0.5) is 0 Å². The summed E-state index contributed by atoms with van der Waals surface area (Å²) in [6.07, 6.45) is 31.0. The molecule has 0 saturated carbocycles. The Labute approximate surface area is 148 Å². The van der Waals surface area contributed by atoms with Crippen LogP contribution in [0, 0.1) is 0 Å². The van der Waals surface area contributed by atoms with Crippen molar-refractivity contribution in [1.82, 2.24) is 0 Å². The maximum absolute atomic E-state index is 10.2. The summed E-state index contributed by atoms with van der Waals surface area (Å²) in [4.78, 5) is 10.2. The van der Waals surface area contributed by atoms with Crippen molar-refractivity contribution >= 4 is 5.97 Å². The molecule has 24 heavy (non-hydrogen) atoms. The predicted octanol–water partition coefficient (Wildman–Crippen LogP) is 5.44. The highest BCUT2D eigenvalue weighted by Crippen LogP contribution is 2.03. The Morgan fingerprint density at radius 1 is 0.667 bits per heavy atom. The molecule has 134 valence electrons. The minimum absolute atomic E-state index is 0.186. The number of allylic oxidation sites excluding steroid dienone is 10. The molecule has 0 fully saturated rings. The number of hydrogen-bond acceptors (Lipinski definition) is 2. The average molecular weight is 330 g/mol. The van der Waals surface area contributed by atoms with E-state index in [0.717, 1.165) is 57.8 Å². The van der Waals surface area contributed by atoms with Crippen molar-refractivity contribution in [3.8, 4) is 0 Å². The van der Waals surface area contributed by atoms with E-state index in [1.807, 2.05) is 0 Å². The lowest BCUT2D eigenvalue weighted by atomic mass is 10.1. The van der Waals surface area contributed by atoms with Crippen molar-refractivity contribution in [1.29, 1.82) is 0 Å². The molecule has 2 heteroatoms. The molecule has 0 aliphatic heterocycles. The lowest BCUT2D eigenvalue weighted by Crippen LogP contribution is -2.21. The zero-order chi connectivity index (χ0) is 17.7. The minimum atomic E-state index is -0.940. The first kappa shape index (κ1) is 22.2. The van der Waals surface area contributed by atoms with Gasteiger partial charge in [-0.05, 0) is 57.8 Å². The zero-order valence-electron chi connectivity index (χ0n) is 15.2. The van der Waals surface area contributed by atoms with Crippen LogP contribution in [0.1, 0.15) is 71.1 Å². The number of carbonyl (C=O) groups excluding carboxylic acids is 1. The molecule has 0 radical (unpaired) electrons. The van der Waals surface area contributed by atoms with Crippen LogP contribution in [0.3, 0.4) is 0 Å². The van der Waals surface area contributed by atoms with Crippen molar-refractivity contribution in [2.75, 3.05) is 0 Å². The Balaban J connectivity index is 3.42. The van der Waals surface area contributed by atoms with Crippen LogP contribution < -0.4 is 5.11 Å². The number of aliphatic carboxylic acids is 1. The fourth-order valence-corrected chi connectivity index (χ4v) is 2.08. The third kappa shape index (κ3) is 20.2. The van der Waals surface area contributed by atoms with Crippen molar-refractivity contribution < 1.29 is 9.90 Å². The third-order valence-electron chi connectivity index (χ3n) is 3.41. The molecular weight excluding hydrogens is 296 g/mol. The first-order valence-electron chi connectivity index (χ1n) is 9.22. The minimum Gasteiger partial charge on any atom is -0.550 e. The lowest BCUT2D eigenvalue weighted by Gasteiger charge is -1.99. The van der Waals surface area contributed by atoms with E-state index in [2.05, 4.69) is 67.7 Å². The normalized spacial score (nSPS) is 12.7. The zero-order valence-corrected chi connectivity index (χ0v) is 15.2. The fourth-order valence-electron chi connectivity index (χ4n) is 2.08. The molecule has 0 amide bonds. The van der Waals surface area contributed by atoms with Gasteiger partial charge in [-0.1, -0.05) is 74.1 Å². The van der Waals surface area contributed by atoms with Crippen molar-refractivity contribution in [2.24, 2.45) is 0 Å². The van der Waals surface area contributed by atoms with Gasteiger partial charge in [0, 0.05) is 5.97 Å². The monoisotopic (exact) mass is 329 g/mol. The Hall–Kier alpha value is -1.83. The molecule has 0 saturated heterocycles. The number of rotatable bonds is 15. The Morgan fingerprint density at radius 2 is 1.12 bits per heavy atom. The molecule has 0 spiro atoms. The van der Waals surface area contributed by atoms with Gasteiger partial charge in [0.1, 0.15) is 0 Å². The predicted molar refractivity (Wildman–Crippen MR) is 103 cm³/mol. The summed E-state index contributed by atoms with van der Waals surface area (Å²) in [5.74, 6) is -0.940. The molecule has 0 bridgehead atoms. The smallest absolute Gasteiger partial charge is 0.0414 e. The van der Waals surface area contributed by atoms with Gasteiger partial charge in [-0.25, -0.2) is 0 Å². The lowest BCUT2D eigenvalue weighted by molar-refractivity contribution is -0.305. The highest BCUT2D eigenvalue weighted by Gasteiger charge is 1.88. The molecule has 0 aliphatic carbocycles. The van der Waals surface area contributed by atoms with Crippen LogP contribution in [-0.4, -0.2) is 5.97 Å². The quantitative estimate of drug-likeness (QED) is 0.296. The van der Waals surface area contributed by atoms with Gasteiger partial charge in [0.15, 0.2) is 0 Å². The summed E-state index contributed by atoms with van der Waals surface area (Å²) < 4.78 is 0. The van der Waals surface area contributed by atoms with E-state index >= 15 is 0 Å². The van der Waals surface area contributed by atoms with Gasteiger partial charge >= 0.3 is 0 Å². The molecular formula is C22H33O2-. The van der Waals surface area contributed by atoms with Crippen LogP contribution >= 0.6 is 0 Å². The van der Waals surface area contributed by atoms with Gasteiger partial charge in [-0.3, -0.25) is 0 Å². The summed E-state index contributed by atoms with van der Waals surface area (Å²) in [5.41, 5.74) is 0. The largest absolute Gasteiger partial charge is 0.550 e. The fraction of sp³-hybridized carbons (Fsp3) is 0.500. The molecule has 0 atom stereocenters. The van der Waals surface area contributed by atoms with Crippen LogP contribution in [0.25, 0.3) is 0 Å². The van der Waals surface area contributed by atoms with Gasteiger partial charge in [0.05, 0.1) is 0 Å². The SMILES string of the molecule is CC/C=C/C/C=C/C/C=C/C/C=C/C/C=C/CCCCCC(=O)[O-]. The molecule has 0 rings (SSSR count). The average Bonchev–Trinajstić information content (AvgIpc) is 2.56. The summed E-state index contributed by atoms with van der Waals surface area (Å²) in [7, 11) is 0. The molecule has 0 aliphatic rings. The number of hydrogen-bond donors (Lipinski definition) is 0. The molecule has 0 aromatic heterocycles. The van der Waals surface area contributed by atoms with Gasteiger partial charge in [0.25, 0.3) is 0 Å². The maximum Gasteiger partial charge on any atom is 0.0414 e. The number of carbonyl (C=O) groups is 1. The van der Waals surface area contributed by atoms with Crippen molar-refractivity contribution in [3.05, 3.63) is 60.8 Å². The standard InChI is InChI=1S/C22H34O2/c1-2-3-4-5-6-7-8-9-10-11-12-13-14-15-16-17-18-19-20-21-22(23)24/h3-4,6-7,9-10,12-13,15-16H,2,5,8,11,14,17-21H2,1H3,(H,23,24)/p-1/b4-3+,7-6+,10-9+,13-12+,16-15+. The number of unbranched alkanes of at least 4 members (excludes halogenated alkanes) is 3. The van der Waals surface area contributed by atoms with E-state index in [-0.39, 0.29) is 6.42 Å². The molecule has 0 aromatic rings. The molecule has 0 N–H and O–H groups in total. The number of carboxylic acids is 1. The first-order valence-corrected chi connectivity index (χ1v) is 9.22. The van der Waals surface area contributed by atoms with E-state index in [4.69, 9.17) is 0 Å². The molecule has 0 aromatic carbocycles. The van der Waals surface area contributed by atoms with Crippen LogP contribution in [0.15, 0.2) is 60.8 Å². The molecule has 2 nitrogen and oxygen atoms in total. The second kappa shape index (κ2) is 19.2. The van der Waals surface area contributed by atoms with Crippen molar-refractivity contribution in [3.63, 3.8) is 0 Å². The van der Waals surface area contributed by atoms with E-state index in [0.29, 0.717) is 0 Å². The Kier molecular flexibility index (Phi) is 17.8. The second-order valence-electron chi connectivity index (χ2n) is 5.68. The summed E-state index contributed by atoms with van der Waals surface area (Å²) in [6, 6.07) is 0. The third-order valence-corrected chi connectivity index (χ3v) is 3.41. The highest BCUT2D eigenvalue weighted by molar-refractivity contribution is 5.64. The highest BCUT2D eigenvalue weighted by atomic mass is 16.4. The van der Waals surface area contributed by atoms with Gasteiger partial charge in [-0.15, -0.1) is 0 Å². The van der Waals surface area contributed by atoms with E-state index in [9.17, 15) is 9.90 Å². The summed E-state index contributed by atoms with van der Waals surface area (Å²) in [5, 5.41) is 10.2. The first-order chi connectivity index (χ1) is 11.8. The van der Waals surface area contributed by atoms with Gasteiger partial charge < -0.3 is 9.90 Å².